The van der Waals surface area contributed by atoms with Crippen LogP contribution in [0.3, 0.4) is 0 Å². The molecule has 2 aromatic carbocycles. The van der Waals surface area contributed by atoms with Crippen LogP contribution in [0.5, 0.6) is 17.2 Å². The van der Waals surface area contributed by atoms with Crippen LogP contribution < -0.4 is 9.47 Å². The van der Waals surface area contributed by atoms with Gasteiger partial charge in [0.2, 0.25) is 5.78 Å². The highest BCUT2D eigenvalue weighted by Gasteiger charge is 2.22. The first kappa shape index (κ1) is 16.4. The molecule has 0 atom stereocenters. The fourth-order valence-corrected chi connectivity index (χ4v) is 2.16. The van der Waals surface area contributed by atoms with E-state index in [1.807, 2.05) is 0 Å². The molecule has 2 rings (SSSR count). The van der Waals surface area contributed by atoms with Gasteiger partial charge in [-0.1, -0.05) is 12.1 Å². The summed E-state index contributed by atoms with van der Waals surface area (Å²) in [5, 5.41) is 10.0. The molecule has 0 spiro atoms. The molecule has 0 aliphatic heterocycles. The Kier molecular flexibility index (Phi) is 4.85. The predicted molar refractivity (Wildman–Crippen MR) is 82.4 cm³/mol. The van der Waals surface area contributed by atoms with Gasteiger partial charge in [0.1, 0.15) is 11.3 Å². The molecule has 0 amide bonds. The van der Waals surface area contributed by atoms with Crippen molar-refractivity contribution < 1.29 is 28.9 Å². The maximum Gasteiger partial charge on any atom is 0.337 e. The van der Waals surface area contributed by atoms with Gasteiger partial charge in [0.05, 0.1) is 26.9 Å². The number of esters is 1. The lowest BCUT2D eigenvalue weighted by Crippen LogP contribution is -2.07. The molecule has 0 bridgehead atoms. The summed E-state index contributed by atoms with van der Waals surface area (Å²) in [6.45, 7) is 0. The van der Waals surface area contributed by atoms with E-state index in [1.54, 1.807) is 0 Å². The highest BCUT2D eigenvalue weighted by molar-refractivity contribution is 6.13. The second-order valence-corrected chi connectivity index (χ2v) is 4.59. The van der Waals surface area contributed by atoms with Crippen molar-refractivity contribution in [3.63, 3.8) is 0 Å². The lowest BCUT2D eigenvalue weighted by molar-refractivity contribution is 0.0600. The average molecular weight is 316 g/mol. The number of aromatic hydroxyl groups is 1. The van der Waals surface area contributed by atoms with Crippen LogP contribution in [0.1, 0.15) is 26.3 Å². The molecule has 23 heavy (non-hydrogen) atoms. The Morgan fingerprint density at radius 3 is 2.00 bits per heavy atom. The van der Waals surface area contributed by atoms with Crippen molar-refractivity contribution in [1.82, 2.24) is 0 Å². The van der Waals surface area contributed by atoms with Crippen molar-refractivity contribution in [3.05, 3.63) is 53.1 Å². The standard InChI is InChI=1S/C17H16O6/c1-21-13-9-8-12(18)14(16(13)22-2)15(19)10-4-6-11(7-5-10)17(20)23-3/h4-9,18H,1-3H3. The van der Waals surface area contributed by atoms with Crippen molar-refractivity contribution in [2.75, 3.05) is 21.3 Å². The van der Waals surface area contributed by atoms with Crippen LogP contribution in [-0.2, 0) is 4.74 Å². The van der Waals surface area contributed by atoms with Gasteiger partial charge in [0.15, 0.2) is 11.5 Å². The maximum atomic E-state index is 12.7. The van der Waals surface area contributed by atoms with Crippen LogP contribution in [0.25, 0.3) is 0 Å². The zero-order chi connectivity index (χ0) is 17.0. The van der Waals surface area contributed by atoms with Gasteiger partial charge in [-0.15, -0.1) is 0 Å². The molecule has 0 aromatic heterocycles. The normalized spacial score (nSPS) is 10.0. The van der Waals surface area contributed by atoms with Crippen LogP contribution in [0.4, 0.5) is 0 Å². The number of benzene rings is 2. The summed E-state index contributed by atoms with van der Waals surface area (Å²) in [4.78, 5) is 24.1. The highest BCUT2D eigenvalue weighted by Crippen LogP contribution is 2.38. The first-order valence-corrected chi connectivity index (χ1v) is 6.70. The van der Waals surface area contributed by atoms with E-state index in [0.717, 1.165) is 0 Å². The third-order valence-corrected chi connectivity index (χ3v) is 3.32. The number of methoxy groups -OCH3 is 3. The number of rotatable bonds is 5. The Balaban J connectivity index is 2.46. The third-order valence-electron chi connectivity index (χ3n) is 3.32. The number of carbonyl (C=O) groups is 2. The maximum absolute atomic E-state index is 12.7. The van der Waals surface area contributed by atoms with Gasteiger partial charge in [0, 0.05) is 5.56 Å². The number of phenolic OH excluding ortho intramolecular Hbond substituents is 1. The summed E-state index contributed by atoms with van der Waals surface area (Å²) in [6, 6.07) is 8.77. The number of hydrogen-bond acceptors (Lipinski definition) is 6. The SMILES string of the molecule is COC(=O)c1ccc(C(=O)c2c(O)ccc(OC)c2OC)cc1. The van der Waals surface area contributed by atoms with Crippen LogP contribution in [0.2, 0.25) is 0 Å². The molecule has 6 nitrogen and oxygen atoms in total. The van der Waals surface area contributed by atoms with Crippen LogP contribution in [0.15, 0.2) is 36.4 Å². The third kappa shape index (κ3) is 3.11. The number of carbonyl (C=O) groups excluding carboxylic acids is 2. The highest BCUT2D eigenvalue weighted by atomic mass is 16.5. The molecular formula is C17H16O6. The molecule has 0 aliphatic rings. The smallest absolute Gasteiger partial charge is 0.337 e. The van der Waals surface area contributed by atoms with Gasteiger partial charge in [-0.2, -0.15) is 0 Å². The molecule has 0 saturated carbocycles. The van der Waals surface area contributed by atoms with Crippen molar-refractivity contribution >= 4 is 11.8 Å². The van der Waals surface area contributed by atoms with E-state index in [0.29, 0.717) is 16.9 Å². The van der Waals surface area contributed by atoms with Crippen LogP contribution in [0, 0.1) is 0 Å². The van der Waals surface area contributed by atoms with Gasteiger partial charge >= 0.3 is 5.97 Å². The fraction of sp³-hybridized carbons (Fsp3) is 0.176. The molecular weight excluding hydrogens is 300 g/mol. The molecule has 0 heterocycles. The van der Waals surface area contributed by atoms with E-state index in [4.69, 9.17) is 9.47 Å². The zero-order valence-corrected chi connectivity index (χ0v) is 13.0. The minimum atomic E-state index is -0.495. The first-order chi connectivity index (χ1) is 11.0. The fourth-order valence-electron chi connectivity index (χ4n) is 2.16. The number of ketones is 1. The first-order valence-electron chi connectivity index (χ1n) is 6.70. The van der Waals surface area contributed by atoms with E-state index in [2.05, 4.69) is 4.74 Å². The van der Waals surface area contributed by atoms with Gasteiger partial charge in [-0.05, 0) is 24.3 Å². The molecule has 0 fully saturated rings. The molecule has 0 saturated heterocycles. The van der Waals surface area contributed by atoms with Gasteiger partial charge in [-0.3, -0.25) is 4.79 Å². The molecule has 0 aliphatic carbocycles. The van der Waals surface area contributed by atoms with Crippen molar-refractivity contribution in [3.8, 4) is 17.2 Å². The van der Waals surface area contributed by atoms with Gasteiger partial charge in [0.25, 0.3) is 0 Å². The summed E-state index contributed by atoms with van der Waals surface area (Å²) >= 11 is 0. The minimum Gasteiger partial charge on any atom is -0.507 e. The van der Waals surface area contributed by atoms with E-state index in [1.165, 1.54) is 57.7 Å². The van der Waals surface area contributed by atoms with Crippen LogP contribution in [-0.4, -0.2) is 38.2 Å². The average Bonchev–Trinajstić information content (AvgIpc) is 2.60. The number of phenols is 1. The summed E-state index contributed by atoms with van der Waals surface area (Å²) in [5.41, 5.74) is 0.614. The Bertz CT molecular complexity index is 733. The van der Waals surface area contributed by atoms with Crippen molar-refractivity contribution in [2.45, 2.75) is 0 Å². The Labute approximate surface area is 133 Å². The van der Waals surface area contributed by atoms with E-state index in [-0.39, 0.29) is 17.1 Å². The van der Waals surface area contributed by atoms with Crippen molar-refractivity contribution in [2.24, 2.45) is 0 Å². The Morgan fingerprint density at radius 2 is 1.48 bits per heavy atom. The van der Waals surface area contributed by atoms with E-state index >= 15 is 0 Å². The molecule has 1 N–H and O–H groups in total. The summed E-state index contributed by atoms with van der Waals surface area (Å²) in [5.74, 6) is -0.681. The van der Waals surface area contributed by atoms with Gasteiger partial charge < -0.3 is 19.3 Å². The predicted octanol–water partition coefficient (Wildman–Crippen LogP) is 2.43. The Morgan fingerprint density at radius 1 is 0.870 bits per heavy atom. The Hall–Kier alpha value is -3.02. The second kappa shape index (κ2) is 6.83. The minimum absolute atomic E-state index is 0.00216. The number of hydrogen-bond donors (Lipinski definition) is 1. The lowest BCUT2D eigenvalue weighted by Gasteiger charge is -2.13. The molecule has 0 radical (unpaired) electrons. The molecule has 0 unspecified atom stereocenters. The molecule has 120 valence electrons. The van der Waals surface area contributed by atoms with E-state index in [9.17, 15) is 14.7 Å². The van der Waals surface area contributed by atoms with Gasteiger partial charge in [-0.25, -0.2) is 4.79 Å². The number of ether oxygens (including phenoxy) is 3. The quantitative estimate of drug-likeness (QED) is 0.674. The monoisotopic (exact) mass is 316 g/mol. The second-order valence-electron chi connectivity index (χ2n) is 4.59. The lowest BCUT2D eigenvalue weighted by atomic mass is 10.00. The molecule has 2 aromatic rings. The summed E-state index contributed by atoms with van der Waals surface area (Å²) in [6.07, 6.45) is 0. The topological polar surface area (TPSA) is 82.1 Å². The van der Waals surface area contributed by atoms with Crippen molar-refractivity contribution in [1.29, 1.82) is 0 Å². The zero-order valence-electron chi connectivity index (χ0n) is 13.0. The summed E-state index contributed by atoms with van der Waals surface area (Å²) in [7, 11) is 4.10. The summed E-state index contributed by atoms with van der Waals surface area (Å²) < 4.78 is 14.9. The van der Waals surface area contributed by atoms with Crippen LogP contribution >= 0.6 is 0 Å². The largest absolute Gasteiger partial charge is 0.507 e. The van der Waals surface area contributed by atoms with E-state index < -0.39 is 11.8 Å². The molecule has 6 heteroatoms.